The quantitative estimate of drug-likeness (QED) is 0.167. The molecule has 0 saturated carbocycles. The number of hydrogen-bond donors (Lipinski definition) is 0. The summed E-state index contributed by atoms with van der Waals surface area (Å²) in [5.41, 5.74) is 14.0. The lowest BCUT2D eigenvalue weighted by Gasteiger charge is -2.34. The molecule has 10 rings (SSSR count). The van der Waals surface area contributed by atoms with E-state index in [2.05, 4.69) is 166 Å². The Morgan fingerprint density at radius 3 is 1.98 bits per heavy atom. The number of rotatable bonds is 1. The maximum absolute atomic E-state index is 6.69. The molecule has 6 aromatic carbocycles. The molecule has 0 spiro atoms. The van der Waals surface area contributed by atoms with Crippen LogP contribution in [0.15, 0.2) is 115 Å². The Morgan fingerprint density at radius 2 is 1.19 bits per heavy atom. The van der Waals surface area contributed by atoms with Crippen molar-refractivity contribution in [1.29, 1.82) is 0 Å². The minimum Gasteiger partial charge on any atom is -0.458 e. The first-order chi connectivity index (χ1) is 23.1. The molecule has 232 valence electrons. The van der Waals surface area contributed by atoms with E-state index in [-0.39, 0.29) is 17.5 Å². The van der Waals surface area contributed by atoms with Crippen LogP contribution in [0, 0.1) is 0 Å². The fourth-order valence-electron chi connectivity index (χ4n) is 8.46. The molecule has 2 aromatic heterocycles. The predicted octanol–water partition coefficient (Wildman–Crippen LogP) is 9.41. The molecule has 0 aliphatic carbocycles. The van der Waals surface area contributed by atoms with Crippen molar-refractivity contribution in [3.8, 4) is 22.9 Å². The Labute approximate surface area is 281 Å². The smallest absolute Gasteiger partial charge is 0.256 e. The van der Waals surface area contributed by atoms with Gasteiger partial charge in [-0.25, -0.2) is 0 Å². The Morgan fingerprint density at radius 1 is 0.500 bits per heavy atom. The molecule has 0 N–H and O–H groups in total. The van der Waals surface area contributed by atoms with Crippen LogP contribution in [0.25, 0.3) is 55.0 Å². The summed E-state index contributed by atoms with van der Waals surface area (Å²) in [5.74, 6) is 1.91. The molecular formula is C44H37BN2O. The maximum atomic E-state index is 6.69. The zero-order valence-corrected chi connectivity index (χ0v) is 28.3. The minimum atomic E-state index is 0.0419. The summed E-state index contributed by atoms with van der Waals surface area (Å²) in [6.07, 6.45) is 0. The number of benzene rings is 6. The van der Waals surface area contributed by atoms with Crippen molar-refractivity contribution in [3.63, 3.8) is 0 Å². The van der Waals surface area contributed by atoms with E-state index < -0.39 is 0 Å². The highest BCUT2D eigenvalue weighted by atomic mass is 16.5. The van der Waals surface area contributed by atoms with Crippen LogP contribution in [0.3, 0.4) is 0 Å². The molecule has 0 fully saturated rings. The summed E-state index contributed by atoms with van der Waals surface area (Å²) in [6, 6.07) is 43.1. The fourth-order valence-corrected chi connectivity index (χ4v) is 8.46. The molecule has 2 aliphatic heterocycles. The van der Waals surface area contributed by atoms with Gasteiger partial charge in [0.15, 0.2) is 0 Å². The topological polar surface area (TPSA) is 19.1 Å². The predicted molar refractivity (Wildman–Crippen MR) is 204 cm³/mol. The molecule has 0 saturated heterocycles. The Hall–Kier alpha value is -5.22. The summed E-state index contributed by atoms with van der Waals surface area (Å²) in [6.45, 7) is 13.8. The van der Waals surface area contributed by atoms with Crippen molar-refractivity contribution in [2.75, 3.05) is 0 Å². The Bertz CT molecular complexity index is 2660. The highest BCUT2D eigenvalue weighted by molar-refractivity contribution is 6.99. The van der Waals surface area contributed by atoms with Crippen molar-refractivity contribution >= 4 is 66.7 Å². The zero-order chi connectivity index (χ0) is 32.7. The van der Waals surface area contributed by atoms with Crippen LogP contribution in [0.1, 0.15) is 52.7 Å². The molecule has 0 amide bonds. The van der Waals surface area contributed by atoms with Gasteiger partial charge in [-0.1, -0.05) is 108 Å². The number of aromatic nitrogens is 2. The van der Waals surface area contributed by atoms with E-state index in [1.165, 1.54) is 82.5 Å². The first-order valence-electron chi connectivity index (χ1n) is 17.1. The van der Waals surface area contributed by atoms with Crippen molar-refractivity contribution in [2.45, 2.75) is 52.4 Å². The van der Waals surface area contributed by atoms with Crippen molar-refractivity contribution < 1.29 is 4.74 Å². The lowest BCUT2D eigenvalue weighted by molar-refractivity contribution is 0.486. The van der Waals surface area contributed by atoms with E-state index in [4.69, 9.17) is 4.74 Å². The summed E-state index contributed by atoms with van der Waals surface area (Å²) >= 11 is 0. The van der Waals surface area contributed by atoms with Gasteiger partial charge < -0.3 is 13.9 Å². The molecule has 48 heavy (non-hydrogen) atoms. The molecule has 0 atom stereocenters. The summed E-state index contributed by atoms with van der Waals surface area (Å²) < 4.78 is 11.7. The van der Waals surface area contributed by atoms with Gasteiger partial charge in [-0.3, -0.25) is 0 Å². The minimum absolute atomic E-state index is 0.0419. The maximum Gasteiger partial charge on any atom is 0.256 e. The number of para-hydroxylation sites is 2. The summed E-state index contributed by atoms with van der Waals surface area (Å²) in [5, 5.41) is 5.13. The highest BCUT2D eigenvalue weighted by Crippen LogP contribution is 2.42. The van der Waals surface area contributed by atoms with Crippen LogP contribution in [-0.2, 0) is 10.8 Å². The Balaban J connectivity index is 1.31. The van der Waals surface area contributed by atoms with Gasteiger partial charge in [-0.2, -0.15) is 0 Å². The van der Waals surface area contributed by atoms with Crippen LogP contribution >= 0.6 is 0 Å². The first kappa shape index (κ1) is 27.9. The lowest BCUT2D eigenvalue weighted by Crippen LogP contribution is -2.58. The van der Waals surface area contributed by atoms with Crippen molar-refractivity contribution in [2.24, 2.45) is 0 Å². The second kappa shape index (κ2) is 9.23. The monoisotopic (exact) mass is 620 g/mol. The largest absolute Gasteiger partial charge is 0.458 e. The van der Waals surface area contributed by atoms with Crippen LogP contribution in [0.2, 0.25) is 0 Å². The second-order valence-corrected chi connectivity index (χ2v) is 15.8. The zero-order valence-electron chi connectivity index (χ0n) is 28.3. The number of fused-ring (bicyclic) bond motifs is 10. The molecule has 4 heterocycles. The second-order valence-electron chi connectivity index (χ2n) is 15.8. The average Bonchev–Trinajstić information content (AvgIpc) is 3.57. The molecule has 3 nitrogen and oxygen atoms in total. The van der Waals surface area contributed by atoms with E-state index in [0.717, 1.165) is 11.5 Å². The van der Waals surface area contributed by atoms with Crippen LogP contribution < -0.4 is 21.1 Å². The van der Waals surface area contributed by atoms with Gasteiger partial charge in [-0.15, -0.1) is 0 Å². The van der Waals surface area contributed by atoms with E-state index in [1.807, 2.05) is 0 Å². The van der Waals surface area contributed by atoms with Gasteiger partial charge in [0, 0.05) is 38.4 Å². The van der Waals surface area contributed by atoms with Crippen LogP contribution in [0.5, 0.6) is 11.5 Å². The number of ether oxygens (including phenoxy) is 1. The van der Waals surface area contributed by atoms with Crippen LogP contribution in [-0.4, -0.2) is 15.8 Å². The van der Waals surface area contributed by atoms with E-state index >= 15 is 0 Å². The molecular weight excluding hydrogens is 583 g/mol. The van der Waals surface area contributed by atoms with E-state index in [9.17, 15) is 0 Å². The lowest BCUT2D eigenvalue weighted by atomic mass is 9.34. The fraction of sp³-hybridized carbons (Fsp3) is 0.182. The SMILES string of the molecule is CC(C)(C)c1ccc(-n2c3ccccc3c3cc4c5cccc6c5n(c4cc32)-c2cccc3c2B6c2cc(C(C)(C)C)ccc2O3)cc1. The highest BCUT2D eigenvalue weighted by Gasteiger charge is 2.40. The van der Waals surface area contributed by atoms with E-state index in [0.29, 0.717) is 0 Å². The summed E-state index contributed by atoms with van der Waals surface area (Å²) in [4.78, 5) is 0. The molecule has 4 heteroatoms. The van der Waals surface area contributed by atoms with Gasteiger partial charge in [0.05, 0.1) is 16.6 Å². The third-order valence-corrected chi connectivity index (χ3v) is 10.9. The van der Waals surface area contributed by atoms with Crippen molar-refractivity contribution in [3.05, 3.63) is 126 Å². The normalized spacial score (nSPS) is 13.8. The molecule has 0 unspecified atom stereocenters. The van der Waals surface area contributed by atoms with Gasteiger partial charge in [0.25, 0.3) is 6.71 Å². The molecule has 2 aliphatic rings. The van der Waals surface area contributed by atoms with Crippen molar-refractivity contribution in [1.82, 2.24) is 9.13 Å². The molecule has 8 aromatic rings. The van der Waals surface area contributed by atoms with Crippen LogP contribution in [0.4, 0.5) is 0 Å². The van der Waals surface area contributed by atoms with Gasteiger partial charge in [0.1, 0.15) is 11.5 Å². The standard InChI is InChI=1S/C44H37BN2O/c1-43(2,3)26-17-20-28(21-18-26)46-35-14-8-7-11-29(35)31-24-32-30-12-9-13-33-42(30)47(38(32)25-37(31)46)36-15-10-16-40-41(36)45(33)34-23-27(44(4,5)6)19-22-39(34)48-40/h7-25H,1-6H3. The van der Waals surface area contributed by atoms with Gasteiger partial charge >= 0.3 is 0 Å². The van der Waals surface area contributed by atoms with Gasteiger partial charge in [-0.05, 0) is 86.9 Å². The summed E-state index contributed by atoms with van der Waals surface area (Å²) in [7, 11) is 0. The number of hydrogen-bond acceptors (Lipinski definition) is 1. The first-order valence-corrected chi connectivity index (χ1v) is 17.1. The van der Waals surface area contributed by atoms with E-state index in [1.54, 1.807) is 0 Å². The molecule has 0 radical (unpaired) electrons. The third-order valence-electron chi connectivity index (χ3n) is 10.9. The Kier molecular flexibility index (Phi) is 5.36. The number of nitrogens with zero attached hydrogens (tertiary/aromatic N) is 2. The van der Waals surface area contributed by atoms with Gasteiger partial charge in [0.2, 0.25) is 0 Å². The molecule has 0 bridgehead atoms. The average molecular weight is 621 g/mol. The third kappa shape index (κ3) is 3.66.